The summed E-state index contributed by atoms with van der Waals surface area (Å²) in [5.74, 6) is -1.23. The van der Waals surface area contributed by atoms with Gasteiger partial charge in [-0.3, -0.25) is 4.79 Å². The van der Waals surface area contributed by atoms with Gasteiger partial charge in [0.05, 0.1) is 5.92 Å². The van der Waals surface area contributed by atoms with Crippen LogP contribution in [0.1, 0.15) is 17.5 Å². The van der Waals surface area contributed by atoms with Gasteiger partial charge in [-0.2, -0.15) is 0 Å². The van der Waals surface area contributed by atoms with Gasteiger partial charge in [0.15, 0.2) is 0 Å². The van der Waals surface area contributed by atoms with E-state index in [4.69, 9.17) is 11.6 Å². The van der Waals surface area contributed by atoms with E-state index in [1.807, 2.05) is 60.7 Å². The molecule has 0 heterocycles. The Morgan fingerprint density at radius 3 is 2.57 bits per heavy atom. The lowest BCUT2D eigenvalue weighted by Gasteiger charge is -2.10. The van der Waals surface area contributed by atoms with Crippen molar-refractivity contribution in [3.63, 3.8) is 0 Å². The van der Waals surface area contributed by atoms with E-state index in [1.54, 1.807) is 6.07 Å². The molecule has 0 aromatic heterocycles. The topological polar surface area (TPSA) is 37.3 Å². The lowest BCUT2D eigenvalue weighted by Crippen LogP contribution is -2.15. The Balaban J connectivity index is 2.00. The number of carboxylic acids is 1. The Hall–Kier alpha value is -2.06. The molecule has 2 nitrogen and oxygen atoms in total. The van der Waals surface area contributed by atoms with Gasteiger partial charge in [0.1, 0.15) is 0 Å². The molecule has 0 saturated carbocycles. The maximum Gasteiger partial charge on any atom is 0.307 e. The minimum absolute atomic E-state index is 0.441. The quantitative estimate of drug-likeness (QED) is 0.840. The highest BCUT2D eigenvalue weighted by Gasteiger charge is 2.16. The molecule has 2 aromatic carbocycles. The number of benzene rings is 2. The zero-order valence-electron chi connectivity index (χ0n) is 11.6. The molecule has 0 aliphatic heterocycles. The van der Waals surface area contributed by atoms with Crippen LogP contribution in [0.25, 0.3) is 6.08 Å². The largest absolute Gasteiger partial charge is 0.481 e. The van der Waals surface area contributed by atoms with Crippen LogP contribution in [0.15, 0.2) is 60.7 Å². The Kier molecular flexibility index (Phi) is 5.59. The number of hydrogen-bond donors (Lipinski definition) is 1. The molecule has 0 saturated heterocycles. The third-order valence-electron chi connectivity index (χ3n) is 3.25. The van der Waals surface area contributed by atoms with Gasteiger partial charge in [0.2, 0.25) is 0 Å². The van der Waals surface area contributed by atoms with E-state index in [2.05, 4.69) is 0 Å². The highest BCUT2D eigenvalue weighted by molar-refractivity contribution is 6.30. The van der Waals surface area contributed by atoms with Crippen molar-refractivity contribution in [2.45, 2.75) is 12.8 Å². The van der Waals surface area contributed by atoms with Crippen LogP contribution in [-0.4, -0.2) is 11.1 Å². The summed E-state index contributed by atoms with van der Waals surface area (Å²) in [6, 6.07) is 17.2. The number of carboxylic acid groups (broad SMARTS) is 1. The molecule has 21 heavy (non-hydrogen) atoms. The second-order valence-corrected chi connectivity index (χ2v) is 5.35. The standard InChI is InChI=1S/C18H17ClO2/c19-17-11-5-9-15(13-17)12-16(18(20)21)10-4-8-14-6-2-1-3-7-14/h1-9,11,13,16H,10,12H2,(H,20,21). The summed E-state index contributed by atoms with van der Waals surface area (Å²) in [5.41, 5.74) is 2.02. The second kappa shape index (κ2) is 7.65. The van der Waals surface area contributed by atoms with Crippen LogP contribution < -0.4 is 0 Å². The monoisotopic (exact) mass is 300 g/mol. The molecule has 0 amide bonds. The van der Waals surface area contributed by atoms with Crippen LogP contribution in [0.3, 0.4) is 0 Å². The highest BCUT2D eigenvalue weighted by atomic mass is 35.5. The SMILES string of the molecule is O=C(O)C(CC=Cc1ccccc1)Cc1cccc(Cl)c1. The smallest absolute Gasteiger partial charge is 0.307 e. The summed E-state index contributed by atoms with van der Waals surface area (Å²) < 4.78 is 0. The molecule has 2 rings (SSSR count). The van der Waals surface area contributed by atoms with Crippen molar-refractivity contribution in [1.82, 2.24) is 0 Å². The Bertz CT molecular complexity index is 620. The molecule has 1 N–H and O–H groups in total. The first kappa shape index (κ1) is 15.3. The normalized spacial score (nSPS) is 12.4. The lowest BCUT2D eigenvalue weighted by molar-refractivity contribution is -0.141. The minimum Gasteiger partial charge on any atom is -0.481 e. The second-order valence-electron chi connectivity index (χ2n) is 4.92. The maximum absolute atomic E-state index is 11.4. The first-order chi connectivity index (χ1) is 10.1. The fraction of sp³-hybridized carbons (Fsp3) is 0.167. The van der Waals surface area contributed by atoms with E-state index in [0.717, 1.165) is 11.1 Å². The molecule has 0 aliphatic rings. The molecule has 1 unspecified atom stereocenters. The third kappa shape index (κ3) is 5.09. The molecule has 0 fully saturated rings. The zero-order chi connectivity index (χ0) is 15.1. The molecule has 0 spiro atoms. The molecule has 0 radical (unpaired) electrons. The Morgan fingerprint density at radius 2 is 1.90 bits per heavy atom. The van der Waals surface area contributed by atoms with Crippen LogP contribution >= 0.6 is 11.6 Å². The zero-order valence-corrected chi connectivity index (χ0v) is 12.3. The average Bonchev–Trinajstić information content (AvgIpc) is 2.47. The summed E-state index contributed by atoms with van der Waals surface area (Å²) in [6.45, 7) is 0. The summed E-state index contributed by atoms with van der Waals surface area (Å²) in [7, 11) is 0. The molecule has 108 valence electrons. The van der Waals surface area contributed by atoms with E-state index in [-0.39, 0.29) is 0 Å². The van der Waals surface area contributed by atoms with Crippen LogP contribution in [-0.2, 0) is 11.2 Å². The number of aliphatic carboxylic acids is 1. The van der Waals surface area contributed by atoms with Crippen LogP contribution in [0, 0.1) is 5.92 Å². The summed E-state index contributed by atoms with van der Waals surface area (Å²) >= 11 is 5.93. The fourth-order valence-corrected chi connectivity index (χ4v) is 2.37. The third-order valence-corrected chi connectivity index (χ3v) is 3.49. The maximum atomic E-state index is 11.4. The van der Waals surface area contributed by atoms with Crippen molar-refractivity contribution in [1.29, 1.82) is 0 Å². The molecule has 1 atom stereocenters. The highest BCUT2D eigenvalue weighted by Crippen LogP contribution is 2.18. The number of halogens is 1. The molecular weight excluding hydrogens is 284 g/mol. The van der Waals surface area contributed by atoms with E-state index in [1.165, 1.54) is 0 Å². The van der Waals surface area contributed by atoms with Crippen molar-refractivity contribution in [3.8, 4) is 0 Å². The van der Waals surface area contributed by atoms with Crippen molar-refractivity contribution in [3.05, 3.63) is 76.8 Å². The van der Waals surface area contributed by atoms with E-state index < -0.39 is 11.9 Å². The van der Waals surface area contributed by atoms with Crippen molar-refractivity contribution >= 4 is 23.6 Å². The number of carbonyl (C=O) groups is 1. The Morgan fingerprint density at radius 1 is 1.14 bits per heavy atom. The number of rotatable bonds is 6. The predicted octanol–water partition coefficient (Wildman–Crippen LogP) is 4.69. The first-order valence-electron chi connectivity index (χ1n) is 6.84. The predicted molar refractivity (Wildman–Crippen MR) is 86.4 cm³/mol. The molecule has 0 bridgehead atoms. The summed E-state index contributed by atoms with van der Waals surface area (Å²) in [5, 5.41) is 9.97. The van der Waals surface area contributed by atoms with Gasteiger partial charge in [-0.05, 0) is 36.1 Å². The minimum atomic E-state index is -0.785. The summed E-state index contributed by atoms with van der Waals surface area (Å²) in [6.07, 6.45) is 4.85. The van der Waals surface area contributed by atoms with Crippen molar-refractivity contribution in [2.75, 3.05) is 0 Å². The molecule has 3 heteroatoms. The van der Waals surface area contributed by atoms with Gasteiger partial charge >= 0.3 is 5.97 Å². The van der Waals surface area contributed by atoms with E-state index in [0.29, 0.717) is 17.9 Å². The van der Waals surface area contributed by atoms with E-state index in [9.17, 15) is 9.90 Å². The fourth-order valence-electron chi connectivity index (χ4n) is 2.15. The summed E-state index contributed by atoms with van der Waals surface area (Å²) in [4.78, 5) is 11.4. The number of allylic oxidation sites excluding steroid dienone is 1. The van der Waals surface area contributed by atoms with Gasteiger partial charge < -0.3 is 5.11 Å². The van der Waals surface area contributed by atoms with Gasteiger partial charge in [-0.15, -0.1) is 0 Å². The molecule has 0 aliphatic carbocycles. The van der Waals surface area contributed by atoms with Crippen LogP contribution in [0.2, 0.25) is 5.02 Å². The molecule has 2 aromatic rings. The van der Waals surface area contributed by atoms with Crippen LogP contribution in [0.4, 0.5) is 0 Å². The van der Waals surface area contributed by atoms with Gasteiger partial charge in [0.25, 0.3) is 0 Å². The lowest BCUT2D eigenvalue weighted by atomic mass is 9.96. The van der Waals surface area contributed by atoms with E-state index >= 15 is 0 Å². The van der Waals surface area contributed by atoms with Crippen LogP contribution in [0.5, 0.6) is 0 Å². The van der Waals surface area contributed by atoms with Gasteiger partial charge in [0, 0.05) is 5.02 Å². The van der Waals surface area contributed by atoms with Gasteiger partial charge in [-0.1, -0.05) is 66.2 Å². The van der Waals surface area contributed by atoms with Gasteiger partial charge in [-0.25, -0.2) is 0 Å². The molecular formula is C18H17ClO2. The number of hydrogen-bond acceptors (Lipinski definition) is 1. The first-order valence-corrected chi connectivity index (χ1v) is 7.22. The van der Waals surface area contributed by atoms with Crippen molar-refractivity contribution in [2.24, 2.45) is 5.92 Å². The Labute approximate surface area is 129 Å². The van der Waals surface area contributed by atoms with Crippen molar-refractivity contribution < 1.29 is 9.90 Å². The average molecular weight is 301 g/mol.